The summed E-state index contributed by atoms with van der Waals surface area (Å²) < 4.78 is 26.9. The Kier molecular flexibility index (Phi) is 8.30. The maximum atomic E-state index is 11.6. The highest BCUT2D eigenvalue weighted by Crippen LogP contribution is 2.36. The fourth-order valence-corrected chi connectivity index (χ4v) is 3.96. The molecule has 0 spiro atoms. The normalized spacial score (nSPS) is 26.3. The summed E-state index contributed by atoms with van der Waals surface area (Å²) in [5.41, 5.74) is 5.58. The van der Waals surface area contributed by atoms with Gasteiger partial charge < -0.3 is 29.4 Å². The van der Waals surface area contributed by atoms with Crippen molar-refractivity contribution in [2.45, 2.75) is 55.5 Å². The van der Waals surface area contributed by atoms with Crippen LogP contribution in [0.5, 0.6) is 5.75 Å². The first kappa shape index (κ1) is 23.0. The van der Waals surface area contributed by atoms with Crippen LogP contribution >= 0.6 is 11.8 Å². The lowest BCUT2D eigenvalue weighted by molar-refractivity contribution is -0.201. The van der Waals surface area contributed by atoms with Crippen molar-refractivity contribution in [2.24, 2.45) is 5.73 Å². The van der Waals surface area contributed by atoms with Crippen molar-refractivity contribution in [1.29, 1.82) is 0 Å². The number of thioether (sulfide) groups is 1. The molecule has 1 saturated heterocycles. The zero-order valence-electron chi connectivity index (χ0n) is 16.7. The molecule has 2 rings (SSSR count). The number of methoxy groups -OCH3 is 1. The highest BCUT2D eigenvalue weighted by atomic mass is 32.2. The lowest BCUT2D eigenvalue weighted by Gasteiger charge is -2.43. The third-order valence-electron chi connectivity index (χ3n) is 4.07. The van der Waals surface area contributed by atoms with Gasteiger partial charge in [0.1, 0.15) is 30.0 Å². The molecule has 0 radical (unpaired) electrons. The number of rotatable bonds is 7. The standard InChI is InChI=1S/C19H25NO8S/c1-10(21)25-9-15-17(26-11(2)22)16(20)18(27-12(3)23)19(28-15)29-14-7-5-13(24-4)6-8-14/h5-8,15-19H,9,20H2,1-4H3. The van der Waals surface area contributed by atoms with E-state index in [0.29, 0.717) is 5.75 Å². The Bertz CT molecular complexity index is 723. The topological polar surface area (TPSA) is 123 Å². The average molecular weight is 427 g/mol. The zero-order chi connectivity index (χ0) is 21.6. The number of carbonyl (C=O) groups is 3. The first-order chi connectivity index (χ1) is 13.7. The van der Waals surface area contributed by atoms with Gasteiger partial charge in [-0.2, -0.15) is 0 Å². The molecule has 0 amide bonds. The van der Waals surface area contributed by atoms with Gasteiger partial charge in [0.2, 0.25) is 0 Å². The van der Waals surface area contributed by atoms with E-state index in [1.165, 1.54) is 32.5 Å². The first-order valence-corrected chi connectivity index (χ1v) is 9.78. The van der Waals surface area contributed by atoms with E-state index in [1.807, 2.05) is 12.1 Å². The van der Waals surface area contributed by atoms with Gasteiger partial charge in [-0.25, -0.2) is 0 Å². The second kappa shape index (κ2) is 10.5. The van der Waals surface area contributed by atoms with Gasteiger partial charge in [-0.05, 0) is 24.3 Å². The Balaban J connectivity index is 2.27. The second-order valence-electron chi connectivity index (χ2n) is 6.36. The van der Waals surface area contributed by atoms with Crippen molar-refractivity contribution in [3.05, 3.63) is 24.3 Å². The van der Waals surface area contributed by atoms with Gasteiger partial charge in [-0.3, -0.25) is 14.4 Å². The second-order valence-corrected chi connectivity index (χ2v) is 7.54. The third kappa shape index (κ3) is 6.62. The van der Waals surface area contributed by atoms with Gasteiger partial charge in [0.15, 0.2) is 6.10 Å². The molecule has 1 heterocycles. The lowest BCUT2D eigenvalue weighted by Crippen LogP contribution is -2.63. The predicted octanol–water partition coefficient (Wildman–Crippen LogP) is 1.27. The van der Waals surface area contributed by atoms with Crippen LogP contribution in [0.1, 0.15) is 20.8 Å². The highest BCUT2D eigenvalue weighted by Gasteiger charge is 2.48. The molecule has 1 aromatic rings. The minimum absolute atomic E-state index is 0.159. The fourth-order valence-electron chi connectivity index (χ4n) is 2.83. The molecular formula is C19H25NO8S. The van der Waals surface area contributed by atoms with E-state index in [0.717, 1.165) is 4.90 Å². The van der Waals surface area contributed by atoms with Crippen LogP contribution in [-0.4, -0.2) is 61.4 Å². The van der Waals surface area contributed by atoms with Crippen molar-refractivity contribution >= 4 is 29.7 Å². The number of carbonyl (C=O) groups excluding carboxylic acids is 3. The van der Waals surface area contributed by atoms with E-state index in [-0.39, 0.29) is 6.61 Å². The largest absolute Gasteiger partial charge is 0.497 e. The van der Waals surface area contributed by atoms with E-state index in [9.17, 15) is 14.4 Å². The predicted molar refractivity (Wildman–Crippen MR) is 103 cm³/mol. The minimum Gasteiger partial charge on any atom is -0.497 e. The summed E-state index contributed by atoms with van der Waals surface area (Å²) in [6, 6.07) is 6.33. The van der Waals surface area contributed by atoms with Gasteiger partial charge in [0, 0.05) is 25.7 Å². The van der Waals surface area contributed by atoms with Crippen LogP contribution in [0.25, 0.3) is 0 Å². The Labute approximate surface area is 173 Å². The molecule has 1 fully saturated rings. The molecule has 0 saturated carbocycles. The summed E-state index contributed by atoms with van der Waals surface area (Å²) >= 11 is 1.28. The molecule has 5 atom stereocenters. The van der Waals surface area contributed by atoms with Gasteiger partial charge in [-0.1, -0.05) is 11.8 Å². The Hall–Kier alpha value is -2.30. The van der Waals surface area contributed by atoms with Crippen LogP contribution in [0.4, 0.5) is 0 Å². The number of hydrogen-bond acceptors (Lipinski definition) is 10. The number of hydrogen-bond donors (Lipinski definition) is 1. The quantitative estimate of drug-likeness (QED) is 0.502. The number of nitrogens with two attached hydrogens (primary N) is 1. The van der Waals surface area contributed by atoms with Crippen LogP contribution in [0.3, 0.4) is 0 Å². The van der Waals surface area contributed by atoms with Gasteiger partial charge in [-0.15, -0.1) is 0 Å². The molecule has 1 aliphatic rings. The molecule has 10 heteroatoms. The maximum absolute atomic E-state index is 11.6. The van der Waals surface area contributed by atoms with Crippen LogP contribution < -0.4 is 10.5 Å². The number of benzene rings is 1. The fraction of sp³-hybridized carbons (Fsp3) is 0.526. The smallest absolute Gasteiger partial charge is 0.303 e. The summed E-state index contributed by atoms with van der Waals surface area (Å²) in [4.78, 5) is 35.2. The summed E-state index contributed by atoms with van der Waals surface area (Å²) in [5, 5.41) is 0. The summed E-state index contributed by atoms with van der Waals surface area (Å²) in [7, 11) is 1.57. The van der Waals surface area contributed by atoms with Crippen molar-refractivity contribution in [3.8, 4) is 5.75 Å². The number of ether oxygens (including phenoxy) is 5. The van der Waals surface area contributed by atoms with Crippen LogP contribution in [-0.2, 0) is 33.3 Å². The Morgan fingerprint density at radius 2 is 1.59 bits per heavy atom. The SMILES string of the molecule is COc1ccc(SC2OC(COC(C)=O)C(OC(C)=O)C(N)C2OC(C)=O)cc1. The van der Waals surface area contributed by atoms with Gasteiger partial charge in [0.25, 0.3) is 0 Å². The summed E-state index contributed by atoms with van der Waals surface area (Å²) in [6.45, 7) is 3.59. The Morgan fingerprint density at radius 1 is 1.00 bits per heavy atom. The number of esters is 3. The van der Waals surface area contributed by atoms with Crippen LogP contribution in [0.2, 0.25) is 0 Å². The Morgan fingerprint density at radius 3 is 2.10 bits per heavy atom. The third-order valence-corrected chi connectivity index (χ3v) is 5.22. The molecule has 29 heavy (non-hydrogen) atoms. The molecule has 5 unspecified atom stereocenters. The van der Waals surface area contributed by atoms with E-state index in [1.54, 1.807) is 19.2 Å². The van der Waals surface area contributed by atoms with Crippen molar-refractivity contribution < 1.29 is 38.1 Å². The van der Waals surface area contributed by atoms with Crippen LogP contribution in [0.15, 0.2) is 29.2 Å². The van der Waals surface area contributed by atoms with E-state index < -0.39 is 47.7 Å². The van der Waals surface area contributed by atoms with Crippen molar-refractivity contribution in [1.82, 2.24) is 0 Å². The molecule has 9 nitrogen and oxygen atoms in total. The molecule has 1 aromatic carbocycles. The van der Waals surface area contributed by atoms with Crippen molar-refractivity contribution in [2.75, 3.05) is 13.7 Å². The zero-order valence-corrected chi connectivity index (χ0v) is 17.5. The molecule has 2 N–H and O–H groups in total. The molecular weight excluding hydrogens is 402 g/mol. The van der Waals surface area contributed by atoms with Crippen molar-refractivity contribution in [3.63, 3.8) is 0 Å². The summed E-state index contributed by atoms with van der Waals surface area (Å²) in [6.07, 6.45) is -2.66. The lowest BCUT2D eigenvalue weighted by atomic mass is 9.97. The first-order valence-electron chi connectivity index (χ1n) is 8.90. The maximum Gasteiger partial charge on any atom is 0.303 e. The summed E-state index contributed by atoms with van der Waals surface area (Å²) in [5.74, 6) is -0.945. The molecule has 160 valence electrons. The molecule has 1 aliphatic heterocycles. The van der Waals surface area contributed by atoms with Gasteiger partial charge >= 0.3 is 17.9 Å². The minimum atomic E-state index is -0.955. The van der Waals surface area contributed by atoms with E-state index in [4.69, 9.17) is 29.4 Å². The average Bonchev–Trinajstić information content (AvgIpc) is 2.65. The van der Waals surface area contributed by atoms with Gasteiger partial charge in [0.05, 0.1) is 13.2 Å². The molecule has 0 bridgehead atoms. The molecule has 0 aromatic heterocycles. The highest BCUT2D eigenvalue weighted by molar-refractivity contribution is 7.99. The molecule has 0 aliphatic carbocycles. The van der Waals surface area contributed by atoms with E-state index >= 15 is 0 Å². The monoisotopic (exact) mass is 427 g/mol. The van der Waals surface area contributed by atoms with E-state index in [2.05, 4.69) is 0 Å². The van der Waals surface area contributed by atoms with Crippen LogP contribution in [0, 0.1) is 0 Å².